The molecule has 0 spiro atoms. The third kappa shape index (κ3) is 3.72. The molecule has 1 saturated heterocycles. The maximum atomic E-state index is 12.3. The van der Waals surface area contributed by atoms with Crippen molar-refractivity contribution in [3.8, 4) is 0 Å². The number of nitrogens with zero attached hydrogens (tertiary/aromatic N) is 3. The minimum atomic E-state index is -1.02. The van der Waals surface area contributed by atoms with Gasteiger partial charge < -0.3 is 5.11 Å². The first-order valence-electron chi connectivity index (χ1n) is 8.45. The molecular weight excluding hydrogens is 320 g/mol. The molecule has 0 bridgehead atoms. The van der Waals surface area contributed by atoms with Gasteiger partial charge in [-0.3, -0.25) is 24.2 Å². The van der Waals surface area contributed by atoms with Gasteiger partial charge in [-0.1, -0.05) is 6.07 Å². The van der Waals surface area contributed by atoms with E-state index < -0.39 is 22.9 Å². The van der Waals surface area contributed by atoms with Gasteiger partial charge in [0.2, 0.25) is 0 Å². The van der Waals surface area contributed by atoms with E-state index in [0.717, 1.165) is 17.9 Å². The number of hydrogen-bond acceptors (Lipinski definition) is 5. The number of H-pyrrole nitrogens is 1. The van der Waals surface area contributed by atoms with E-state index in [1.165, 1.54) is 10.8 Å². The van der Waals surface area contributed by atoms with Crippen LogP contribution in [0.15, 0.2) is 34.0 Å². The summed E-state index contributed by atoms with van der Waals surface area (Å²) in [5, 5.41) is 10.8. The van der Waals surface area contributed by atoms with E-state index in [-0.39, 0.29) is 0 Å². The van der Waals surface area contributed by atoms with Gasteiger partial charge in [-0.05, 0) is 39.3 Å². The Morgan fingerprint density at radius 2 is 2.12 bits per heavy atom. The second-order valence-electron chi connectivity index (χ2n) is 7.11. The second-order valence-corrected chi connectivity index (χ2v) is 7.11. The van der Waals surface area contributed by atoms with Crippen LogP contribution in [0, 0.1) is 13.8 Å². The van der Waals surface area contributed by atoms with E-state index in [1.54, 1.807) is 13.8 Å². The Morgan fingerprint density at radius 3 is 2.84 bits per heavy atom. The third-order valence-electron chi connectivity index (χ3n) is 4.90. The fraction of sp³-hybridized carbons (Fsp3) is 0.500. The Balaban J connectivity index is 1.88. The number of likely N-dealkylation sites (tertiary alicyclic amines) is 1. The van der Waals surface area contributed by atoms with E-state index in [0.29, 0.717) is 25.1 Å². The Morgan fingerprint density at radius 1 is 1.36 bits per heavy atom. The second kappa shape index (κ2) is 6.57. The molecule has 0 aromatic carbocycles. The largest absolute Gasteiger partial charge is 0.388 e. The highest BCUT2D eigenvalue weighted by Crippen LogP contribution is 2.31. The Kier molecular flexibility index (Phi) is 4.62. The number of rotatable bonds is 3. The fourth-order valence-corrected chi connectivity index (χ4v) is 3.35. The summed E-state index contributed by atoms with van der Waals surface area (Å²) in [5.41, 5.74) is 0.475. The first-order chi connectivity index (χ1) is 11.8. The highest BCUT2D eigenvalue weighted by atomic mass is 16.3. The van der Waals surface area contributed by atoms with Crippen LogP contribution in [-0.2, 0) is 6.54 Å². The summed E-state index contributed by atoms with van der Waals surface area (Å²) >= 11 is 0. The summed E-state index contributed by atoms with van der Waals surface area (Å²) in [5.74, 6) is 0. The van der Waals surface area contributed by atoms with Crippen molar-refractivity contribution in [1.29, 1.82) is 0 Å². The molecule has 7 heteroatoms. The standard InChI is InChI=1S/C18H24N4O3/c1-12-9-22(17(24)20-16(12)23)15-11-21(8-7-18(15,3)25)10-14-6-4-5-13(2)19-14/h4-6,9,15,25H,7-8,10-11H2,1-3H3,(H,20,23,24)/t15-,18-/m1/s1. The summed E-state index contributed by atoms with van der Waals surface area (Å²) < 4.78 is 1.45. The number of hydrogen-bond donors (Lipinski definition) is 2. The predicted molar refractivity (Wildman–Crippen MR) is 94.6 cm³/mol. The molecule has 134 valence electrons. The lowest BCUT2D eigenvalue weighted by molar-refractivity contribution is -0.0545. The maximum absolute atomic E-state index is 12.3. The highest BCUT2D eigenvalue weighted by molar-refractivity contribution is 5.11. The van der Waals surface area contributed by atoms with Crippen molar-refractivity contribution >= 4 is 0 Å². The molecule has 3 heterocycles. The summed E-state index contributed by atoms with van der Waals surface area (Å²) in [6.07, 6.45) is 2.07. The third-order valence-corrected chi connectivity index (χ3v) is 4.90. The smallest absolute Gasteiger partial charge is 0.328 e. The van der Waals surface area contributed by atoms with Crippen LogP contribution >= 0.6 is 0 Å². The topological polar surface area (TPSA) is 91.2 Å². The Bertz CT molecular complexity index is 884. The van der Waals surface area contributed by atoms with Crippen molar-refractivity contribution in [1.82, 2.24) is 19.4 Å². The molecule has 2 aromatic rings. The zero-order valence-corrected chi connectivity index (χ0v) is 14.8. The van der Waals surface area contributed by atoms with Crippen LogP contribution < -0.4 is 11.2 Å². The van der Waals surface area contributed by atoms with Crippen LogP contribution in [0.5, 0.6) is 0 Å². The molecule has 3 rings (SSSR count). The van der Waals surface area contributed by atoms with E-state index in [9.17, 15) is 14.7 Å². The lowest BCUT2D eigenvalue weighted by atomic mass is 9.88. The van der Waals surface area contributed by atoms with Gasteiger partial charge in [-0.15, -0.1) is 0 Å². The van der Waals surface area contributed by atoms with Crippen LogP contribution in [0.1, 0.15) is 36.3 Å². The van der Waals surface area contributed by atoms with Crippen molar-refractivity contribution in [3.05, 3.63) is 62.2 Å². The van der Waals surface area contributed by atoms with Crippen LogP contribution in [0.4, 0.5) is 0 Å². The van der Waals surface area contributed by atoms with Gasteiger partial charge in [0.15, 0.2) is 0 Å². The lowest BCUT2D eigenvalue weighted by Gasteiger charge is -2.43. The summed E-state index contributed by atoms with van der Waals surface area (Å²) in [4.78, 5) is 32.9. The maximum Gasteiger partial charge on any atom is 0.328 e. The van der Waals surface area contributed by atoms with Gasteiger partial charge in [0.25, 0.3) is 5.56 Å². The molecule has 2 aromatic heterocycles. The van der Waals surface area contributed by atoms with Gasteiger partial charge in [0, 0.05) is 37.1 Å². The summed E-state index contributed by atoms with van der Waals surface area (Å²) in [6, 6.07) is 5.47. The molecule has 0 aliphatic carbocycles. The van der Waals surface area contributed by atoms with Crippen molar-refractivity contribution in [2.75, 3.05) is 13.1 Å². The number of aromatic nitrogens is 3. The van der Waals surface area contributed by atoms with Gasteiger partial charge in [-0.25, -0.2) is 4.79 Å². The number of nitrogens with one attached hydrogen (secondary N) is 1. The van der Waals surface area contributed by atoms with Crippen LogP contribution in [-0.4, -0.2) is 43.2 Å². The van der Waals surface area contributed by atoms with Crippen molar-refractivity contribution in [2.45, 2.75) is 45.4 Å². The minimum Gasteiger partial charge on any atom is -0.388 e. The Labute approximate surface area is 146 Å². The van der Waals surface area contributed by atoms with E-state index in [1.807, 2.05) is 25.1 Å². The number of aryl methyl sites for hydroxylation is 2. The lowest BCUT2D eigenvalue weighted by Crippen LogP contribution is -2.53. The fourth-order valence-electron chi connectivity index (χ4n) is 3.35. The highest BCUT2D eigenvalue weighted by Gasteiger charge is 2.39. The molecule has 1 fully saturated rings. The van der Waals surface area contributed by atoms with Crippen molar-refractivity contribution in [2.24, 2.45) is 0 Å². The molecule has 25 heavy (non-hydrogen) atoms. The normalized spacial score (nSPS) is 24.4. The quantitative estimate of drug-likeness (QED) is 0.857. The van der Waals surface area contributed by atoms with E-state index >= 15 is 0 Å². The first-order valence-corrected chi connectivity index (χ1v) is 8.45. The van der Waals surface area contributed by atoms with Gasteiger partial charge in [0.1, 0.15) is 0 Å². The number of pyridine rings is 1. The molecular formula is C18H24N4O3. The SMILES string of the molecule is Cc1cccc(CN2CC[C@@](C)(O)[C@H](n3cc(C)c(=O)[nH]c3=O)C2)n1. The van der Waals surface area contributed by atoms with E-state index in [4.69, 9.17) is 0 Å². The molecule has 2 atom stereocenters. The summed E-state index contributed by atoms with van der Waals surface area (Å²) in [7, 11) is 0. The molecule has 0 radical (unpaired) electrons. The number of aromatic amines is 1. The Hall–Kier alpha value is -2.25. The molecule has 7 nitrogen and oxygen atoms in total. The van der Waals surface area contributed by atoms with Crippen molar-refractivity contribution < 1.29 is 5.11 Å². The average Bonchev–Trinajstić information content (AvgIpc) is 2.53. The van der Waals surface area contributed by atoms with Gasteiger partial charge in [0.05, 0.1) is 17.3 Å². The van der Waals surface area contributed by atoms with E-state index in [2.05, 4.69) is 14.9 Å². The zero-order valence-electron chi connectivity index (χ0n) is 14.8. The van der Waals surface area contributed by atoms with Gasteiger partial charge in [-0.2, -0.15) is 0 Å². The monoisotopic (exact) mass is 344 g/mol. The zero-order chi connectivity index (χ0) is 18.2. The molecule has 0 amide bonds. The molecule has 1 aliphatic rings. The molecule has 0 saturated carbocycles. The van der Waals surface area contributed by atoms with Crippen molar-refractivity contribution in [3.63, 3.8) is 0 Å². The molecule has 2 N–H and O–H groups in total. The minimum absolute atomic E-state index is 0.391. The predicted octanol–water partition coefficient (Wildman–Crippen LogP) is 0.746. The average molecular weight is 344 g/mol. The van der Waals surface area contributed by atoms with Gasteiger partial charge >= 0.3 is 5.69 Å². The molecule has 1 aliphatic heterocycles. The summed E-state index contributed by atoms with van der Waals surface area (Å²) in [6.45, 7) is 7.24. The number of aliphatic hydroxyl groups is 1. The number of piperidine rings is 1. The van der Waals surface area contributed by atoms with Crippen LogP contribution in [0.3, 0.4) is 0 Å². The van der Waals surface area contributed by atoms with Crippen LogP contribution in [0.25, 0.3) is 0 Å². The van der Waals surface area contributed by atoms with Crippen LogP contribution in [0.2, 0.25) is 0 Å². The first kappa shape index (κ1) is 17.6. The molecule has 0 unspecified atom stereocenters.